The van der Waals surface area contributed by atoms with Crippen LogP contribution in [0.3, 0.4) is 0 Å². The zero-order valence-electron chi connectivity index (χ0n) is 10.2. The normalized spacial score (nSPS) is 12.4. The monoisotopic (exact) mass is 224 g/mol. The van der Waals surface area contributed by atoms with E-state index in [1.807, 2.05) is 18.3 Å². The quantitative estimate of drug-likeness (QED) is 0.764. The van der Waals surface area contributed by atoms with E-state index >= 15 is 0 Å². The summed E-state index contributed by atoms with van der Waals surface area (Å²) in [5.41, 5.74) is 1.15. The second-order valence-corrected chi connectivity index (χ2v) is 3.65. The molecule has 0 spiro atoms. The molecule has 1 atom stereocenters. The summed E-state index contributed by atoms with van der Waals surface area (Å²) >= 11 is 0. The minimum absolute atomic E-state index is 0.395. The predicted molar refractivity (Wildman–Crippen MR) is 63.6 cm³/mol. The Morgan fingerprint density at radius 3 is 2.69 bits per heavy atom. The lowest BCUT2D eigenvalue weighted by molar-refractivity contribution is 0.164. The molecule has 16 heavy (non-hydrogen) atoms. The van der Waals surface area contributed by atoms with Gasteiger partial charge in [-0.1, -0.05) is 13.0 Å². The van der Waals surface area contributed by atoms with Crippen molar-refractivity contribution in [3.8, 4) is 5.88 Å². The third-order valence-electron chi connectivity index (χ3n) is 2.46. The number of aromatic nitrogens is 1. The van der Waals surface area contributed by atoms with E-state index in [9.17, 15) is 0 Å². The van der Waals surface area contributed by atoms with Crippen LogP contribution in [0.25, 0.3) is 0 Å². The van der Waals surface area contributed by atoms with Crippen LogP contribution in [-0.4, -0.2) is 31.9 Å². The highest BCUT2D eigenvalue weighted by Gasteiger charge is 2.04. The molecule has 0 bridgehead atoms. The van der Waals surface area contributed by atoms with Crippen LogP contribution < -0.4 is 10.1 Å². The van der Waals surface area contributed by atoms with Crippen molar-refractivity contribution >= 4 is 0 Å². The van der Waals surface area contributed by atoms with Crippen LogP contribution in [0.1, 0.15) is 18.9 Å². The number of methoxy groups -OCH3 is 2. The molecule has 4 nitrogen and oxygen atoms in total. The van der Waals surface area contributed by atoms with Crippen molar-refractivity contribution in [2.45, 2.75) is 25.9 Å². The number of rotatable bonds is 7. The molecule has 0 aromatic carbocycles. The Bertz CT molecular complexity index is 288. The molecule has 0 saturated heterocycles. The molecule has 1 N–H and O–H groups in total. The Morgan fingerprint density at radius 1 is 1.38 bits per heavy atom. The molecule has 0 amide bonds. The highest BCUT2D eigenvalue weighted by Crippen LogP contribution is 2.06. The van der Waals surface area contributed by atoms with Crippen molar-refractivity contribution in [1.29, 1.82) is 0 Å². The first kappa shape index (κ1) is 12.9. The fourth-order valence-corrected chi connectivity index (χ4v) is 1.42. The minimum atomic E-state index is 0.395. The van der Waals surface area contributed by atoms with E-state index in [1.165, 1.54) is 0 Å². The minimum Gasteiger partial charge on any atom is -0.481 e. The zero-order chi connectivity index (χ0) is 11.8. The molecule has 0 saturated carbocycles. The molecule has 0 aliphatic heterocycles. The van der Waals surface area contributed by atoms with Crippen molar-refractivity contribution in [3.63, 3.8) is 0 Å². The first-order valence-corrected chi connectivity index (χ1v) is 5.51. The number of hydrogen-bond donors (Lipinski definition) is 1. The lowest BCUT2D eigenvalue weighted by atomic mass is 10.2. The van der Waals surface area contributed by atoms with Gasteiger partial charge in [-0.05, 0) is 12.0 Å². The SMILES string of the molecule is CCC(COC)NCc1ccc(OC)nc1. The van der Waals surface area contributed by atoms with E-state index in [0.717, 1.165) is 25.1 Å². The Morgan fingerprint density at radius 2 is 2.19 bits per heavy atom. The van der Waals surface area contributed by atoms with Crippen molar-refractivity contribution < 1.29 is 9.47 Å². The average molecular weight is 224 g/mol. The first-order chi connectivity index (χ1) is 7.80. The number of pyridine rings is 1. The number of nitrogens with one attached hydrogen (secondary N) is 1. The van der Waals surface area contributed by atoms with Crippen molar-refractivity contribution in [3.05, 3.63) is 23.9 Å². The molecule has 0 radical (unpaired) electrons. The molecule has 1 aromatic heterocycles. The van der Waals surface area contributed by atoms with E-state index in [-0.39, 0.29) is 0 Å². The maximum atomic E-state index is 5.12. The summed E-state index contributed by atoms with van der Waals surface area (Å²) in [6.07, 6.45) is 2.88. The van der Waals surface area contributed by atoms with E-state index in [2.05, 4.69) is 17.2 Å². The second kappa shape index (κ2) is 7.19. The Labute approximate surface area is 97.0 Å². The fraction of sp³-hybridized carbons (Fsp3) is 0.583. The van der Waals surface area contributed by atoms with Gasteiger partial charge < -0.3 is 14.8 Å². The lowest BCUT2D eigenvalue weighted by Gasteiger charge is -2.15. The van der Waals surface area contributed by atoms with Crippen LogP contribution in [0, 0.1) is 0 Å². The van der Waals surface area contributed by atoms with Crippen LogP contribution >= 0.6 is 0 Å². The second-order valence-electron chi connectivity index (χ2n) is 3.65. The van der Waals surface area contributed by atoms with Gasteiger partial charge in [0.15, 0.2) is 0 Å². The van der Waals surface area contributed by atoms with E-state index in [0.29, 0.717) is 11.9 Å². The van der Waals surface area contributed by atoms with Gasteiger partial charge in [-0.2, -0.15) is 0 Å². The van der Waals surface area contributed by atoms with Crippen molar-refractivity contribution in [2.75, 3.05) is 20.8 Å². The van der Waals surface area contributed by atoms with Gasteiger partial charge in [-0.25, -0.2) is 4.98 Å². The van der Waals surface area contributed by atoms with Crippen LogP contribution in [0.15, 0.2) is 18.3 Å². The molecule has 0 aliphatic rings. The van der Waals surface area contributed by atoms with Gasteiger partial charge in [0.1, 0.15) is 0 Å². The molecule has 0 fully saturated rings. The number of ether oxygens (including phenoxy) is 2. The molecule has 1 rings (SSSR count). The third kappa shape index (κ3) is 4.16. The van der Waals surface area contributed by atoms with Crippen molar-refractivity contribution in [2.24, 2.45) is 0 Å². The highest BCUT2D eigenvalue weighted by molar-refractivity contribution is 5.17. The lowest BCUT2D eigenvalue weighted by Crippen LogP contribution is -2.32. The standard InChI is InChI=1S/C12H20N2O2/c1-4-11(9-15-2)13-7-10-5-6-12(16-3)14-8-10/h5-6,8,11,13H,4,7,9H2,1-3H3. The smallest absolute Gasteiger partial charge is 0.212 e. The Balaban J connectivity index is 2.40. The van der Waals surface area contributed by atoms with Gasteiger partial charge in [0.05, 0.1) is 13.7 Å². The van der Waals surface area contributed by atoms with Gasteiger partial charge >= 0.3 is 0 Å². The summed E-state index contributed by atoms with van der Waals surface area (Å²) in [4.78, 5) is 4.15. The third-order valence-corrected chi connectivity index (χ3v) is 2.46. The summed E-state index contributed by atoms with van der Waals surface area (Å²) < 4.78 is 10.1. The summed E-state index contributed by atoms with van der Waals surface area (Å²) in [5.74, 6) is 0.646. The van der Waals surface area contributed by atoms with Gasteiger partial charge in [-0.3, -0.25) is 0 Å². The fourth-order valence-electron chi connectivity index (χ4n) is 1.42. The van der Waals surface area contributed by atoms with E-state index in [4.69, 9.17) is 9.47 Å². The molecule has 1 aromatic rings. The predicted octanol–water partition coefficient (Wildman–Crippen LogP) is 1.60. The van der Waals surface area contributed by atoms with Crippen molar-refractivity contribution in [1.82, 2.24) is 10.3 Å². The molecule has 90 valence electrons. The van der Waals surface area contributed by atoms with Gasteiger partial charge in [0.2, 0.25) is 5.88 Å². The number of hydrogen-bond acceptors (Lipinski definition) is 4. The summed E-state index contributed by atoms with van der Waals surface area (Å²) in [6.45, 7) is 3.68. The van der Waals surface area contributed by atoms with Crippen LogP contribution in [0.5, 0.6) is 5.88 Å². The van der Waals surface area contributed by atoms with Gasteiger partial charge in [-0.15, -0.1) is 0 Å². The van der Waals surface area contributed by atoms with Crippen LogP contribution in [0.4, 0.5) is 0 Å². The maximum Gasteiger partial charge on any atom is 0.212 e. The average Bonchev–Trinajstić information content (AvgIpc) is 2.35. The Kier molecular flexibility index (Phi) is 5.82. The first-order valence-electron chi connectivity index (χ1n) is 5.51. The maximum absolute atomic E-state index is 5.12. The molecule has 1 heterocycles. The molecule has 1 unspecified atom stereocenters. The largest absolute Gasteiger partial charge is 0.481 e. The summed E-state index contributed by atoms with van der Waals surface area (Å²) in [7, 11) is 3.34. The van der Waals surface area contributed by atoms with E-state index in [1.54, 1.807) is 14.2 Å². The van der Waals surface area contributed by atoms with E-state index < -0.39 is 0 Å². The molecule has 4 heteroatoms. The van der Waals surface area contributed by atoms with Gasteiger partial charge in [0.25, 0.3) is 0 Å². The summed E-state index contributed by atoms with van der Waals surface area (Å²) in [6, 6.07) is 4.28. The zero-order valence-corrected chi connectivity index (χ0v) is 10.2. The van der Waals surface area contributed by atoms with Crippen LogP contribution in [-0.2, 0) is 11.3 Å². The van der Waals surface area contributed by atoms with Crippen LogP contribution in [0.2, 0.25) is 0 Å². The molecular formula is C12H20N2O2. The number of nitrogens with zero attached hydrogens (tertiary/aromatic N) is 1. The topological polar surface area (TPSA) is 43.4 Å². The highest BCUT2D eigenvalue weighted by atomic mass is 16.5. The Hall–Kier alpha value is -1.13. The van der Waals surface area contributed by atoms with Gasteiger partial charge in [0, 0.05) is 32.0 Å². The summed E-state index contributed by atoms with van der Waals surface area (Å²) in [5, 5.41) is 3.42. The molecular weight excluding hydrogens is 204 g/mol. The molecule has 0 aliphatic carbocycles.